The molecule has 0 saturated carbocycles. The van der Waals surface area contributed by atoms with Crippen molar-refractivity contribution < 1.29 is 17.9 Å². The van der Waals surface area contributed by atoms with Gasteiger partial charge in [0.25, 0.3) is 0 Å². The molecule has 142 valence electrons. The van der Waals surface area contributed by atoms with E-state index in [1.807, 2.05) is 13.0 Å². The Balaban J connectivity index is 1.88. The molecular weight excluding hydrogens is 364 g/mol. The summed E-state index contributed by atoms with van der Waals surface area (Å²) in [5.74, 6) is -0.0583. The fourth-order valence-electron chi connectivity index (χ4n) is 2.32. The standard InChI is InChI=1S/C20H22N2O4S/c1-16-7-9-19(10-8-16)27(24,25)14-11-20(23)22-17-5-4-6-18(15-17)26-13-3-2-12-21/h4-10,15H,2-3,11,13-14H2,1H3,(H,22,23). The number of benzene rings is 2. The first kappa shape index (κ1) is 20.5. The van der Waals surface area contributed by atoms with Crippen molar-refractivity contribution in [3.63, 3.8) is 0 Å². The minimum Gasteiger partial charge on any atom is -0.493 e. The smallest absolute Gasteiger partial charge is 0.225 e. The van der Waals surface area contributed by atoms with Crippen LogP contribution in [-0.2, 0) is 14.6 Å². The molecule has 1 N–H and O–H groups in total. The number of hydrogen-bond donors (Lipinski definition) is 1. The zero-order valence-electron chi connectivity index (χ0n) is 15.1. The number of hydrogen-bond acceptors (Lipinski definition) is 5. The zero-order chi connectivity index (χ0) is 19.7. The number of amides is 1. The number of anilines is 1. The van der Waals surface area contributed by atoms with E-state index in [4.69, 9.17) is 10.00 Å². The molecule has 2 aromatic rings. The summed E-state index contributed by atoms with van der Waals surface area (Å²) in [4.78, 5) is 12.3. The second-order valence-corrected chi connectivity index (χ2v) is 8.18. The lowest BCUT2D eigenvalue weighted by Crippen LogP contribution is -2.17. The van der Waals surface area contributed by atoms with Crippen molar-refractivity contribution in [1.29, 1.82) is 5.26 Å². The van der Waals surface area contributed by atoms with Crippen molar-refractivity contribution >= 4 is 21.4 Å². The lowest BCUT2D eigenvalue weighted by atomic mass is 10.2. The molecule has 6 nitrogen and oxygen atoms in total. The molecule has 0 fully saturated rings. The minimum atomic E-state index is -3.50. The number of aryl methyl sites for hydroxylation is 1. The van der Waals surface area contributed by atoms with Gasteiger partial charge in [-0.05, 0) is 37.6 Å². The molecule has 0 atom stereocenters. The molecule has 1 amide bonds. The highest BCUT2D eigenvalue weighted by Gasteiger charge is 2.16. The van der Waals surface area contributed by atoms with E-state index in [0.29, 0.717) is 30.9 Å². The molecule has 2 rings (SSSR count). The van der Waals surface area contributed by atoms with Crippen LogP contribution in [0.25, 0.3) is 0 Å². The molecule has 0 aliphatic heterocycles. The monoisotopic (exact) mass is 386 g/mol. The van der Waals surface area contributed by atoms with Crippen LogP contribution in [0.15, 0.2) is 53.4 Å². The van der Waals surface area contributed by atoms with Crippen LogP contribution in [0.5, 0.6) is 5.75 Å². The van der Waals surface area contributed by atoms with Crippen LogP contribution in [0, 0.1) is 18.3 Å². The summed E-state index contributed by atoms with van der Waals surface area (Å²) in [6.07, 6.45) is 0.916. The van der Waals surface area contributed by atoms with Gasteiger partial charge in [0.2, 0.25) is 5.91 Å². The summed E-state index contributed by atoms with van der Waals surface area (Å²) in [6.45, 7) is 2.30. The highest BCUT2D eigenvalue weighted by atomic mass is 32.2. The third-order valence-corrected chi connectivity index (χ3v) is 5.53. The first-order valence-electron chi connectivity index (χ1n) is 8.60. The van der Waals surface area contributed by atoms with Gasteiger partial charge in [-0.3, -0.25) is 4.79 Å². The maximum Gasteiger partial charge on any atom is 0.225 e. The molecule has 2 aromatic carbocycles. The molecular formula is C20H22N2O4S. The van der Waals surface area contributed by atoms with Crippen molar-refractivity contribution in [3.05, 3.63) is 54.1 Å². The Morgan fingerprint density at radius 2 is 1.93 bits per heavy atom. The largest absolute Gasteiger partial charge is 0.493 e. The third-order valence-electron chi connectivity index (χ3n) is 3.80. The number of rotatable bonds is 9. The lowest BCUT2D eigenvalue weighted by molar-refractivity contribution is -0.115. The average Bonchev–Trinajstić information content (AvgIpc) is 2.64. The topological polar surface area (TPSA) is 96.3 Å². The van der Waals surface area contributed by atoms with E-state index in [0.717, 1.165) is 5.56 Å². The molecule has 7 heteroatoms. The number of carbonyl (C=O) groups is 1. The maximum atomic E-state index is 12.3. The molecule has 0 spiro atoms. The van der Waals surface area contributed by atoms with Crippen LogP contribution in [0.4, 0.5) is 5.69 Å². The molecule has 0 aromatic heterocycles. The molecule has 0 heterocycles. The Hall–Kier alpha value is -2.85. The van der Waals surface area contributed by atoms with Gasteiger partial charge >= 0.3 is 0 Å². The van der Waals surface area contributed by atoms with Crippen LogP contribution < -0.4 is 10.1 Å². The van der Waals surface area contributed by atoms with Crippen molar-refractivity contribution in [2.45, 2.75) is 31.1 Å². The zero-order valence-corrected chi connectivity index (χ0v) is 16.0. The van der Waals surface area contributed by atoms with Gasteiger partial charge in [-0.15, -0.1) is 0 Å². The molecule has 27 heavy (non-hydrogen) atoms. The summed E-state index contributed by atoms with van der Waals surface area (Å²) in [6, 6.07) is 15.5. The van der Waals surface area contributed by atoms with Crippen LogP contribution in [-0.4, -0.2) is 26.7 Å². The number of carbonyl (C=O) groups excluding carboxylic acids is 1. The Bertz CT molecular complexity index is 916. The first-order valence-corrected chi connectivity index (χ1v) is 10.2. The molecule has 0 aliphatic carbocycles. The van der Waals surface area contributed by atoms with Crippen molar-refractivity contribution in [3.8, 4) is 11.8 Å². The summed E-state index contributed by atoms with van der Waals surface area (Å²) < 4.78 is 30.1. The van der Waals surface area contributed by atoms with Crippen LogP contribution in [0.2, 0.25) is 0 Å². The van der Waals surface area contributed by atoms with E-state index < -0.39 is 9.84 Å². The SMILES string of the molecule is Cc1ccc(S(=O)(=O)CCC(=O)Nc2cccc(OCCCC#N)c2)cc1. The van der Waals surface area contributed by atoms with Gasteiger partial charge in [-0.2, -0.15) is 5.26 Å². The van der Waals surface area contributed by atoms with E-state index in [-0.39, 0.29) is 23.0 Å². The van der Waals surface area contributed by atoms with Gasteiger partial charge in [0.15, 0.2) is 9.84 Å². The maximum absolute atomic E-state index is 12.3. The highest BCUT2D eigenvalue weighted by Crippen LogP contribution is 2.18. The predicted molar refractivity (Wildman–Crippen MR) is 103 cm³/mol. The van der Waals surface area contributed by atoms with Gasteiger partial charge < -0.3 is 10.1 Å². The number of nitrogens with zero attached hydrogens (tertiary/aromatic N) is 1. The lowest BCUT2D eigenvalue weighted by Gasteiger charge is -2.09. The second kappa shape index (κ2) is 9.74. The Labute approximate surface area is 159 Å². The summed E-state index contributed by atoms with van der Waals surface area (Å²) in [5, 5.41) is 11.2. The fourth-order valence-corrected chi connectivity index (χ4v) is 3.56. The normalized spacial score (nSPS) is 10.8. The Morgan fingerprint density at radius 3 is 2.63 bits per heavy atom. The van der Waals surface area contributed by atoms with E-state index in [1.165, 1.54) is 0 Å². The number of unbranched alkanes of at least 4 members (excludes halogenated alkanes) is 1. The molecule has 0 aliphatic rings. The number of nitrogens with one attached hydrogen (secondary N) is 1. The second-order valence-electron chi connectivity index (χ2n) is 6.07. The fraction of sp³-hybridized carbons (Fsp3) is 0.300. The Morgan fingerprint density at radius 1 is 1.19 bits per heavy atom. The van der Waals surface area contributed by atoms with E-state index in [9.17, 15) is 13.2 Å². The van der Waals surface area contributed by atoms with Crippen LogP contribution in [0.1, 0.15) is 24.8 Å². The van der Waals surface area contributed by atoms with Crippen molar-refractivity contribution in [1.82, 2.24) is 0 Å². The van der Waals surface area contributed by atoms with E-state index >= 15 is 0 Å². The van der Waals surface area contributed by atoms with Gasteiger partial charge in [0.1, 0.15) is 5.75 Å². The van der Waals surface area contributed by atoms with E-state index in [1.54, 1.807) is 48.5 Å². The number of nitriles is 1. The summed E-state index contributed by atoms with van der Waals surface area (Å²) in [5.41, 5.74) is 1.51. The van der Waals surface area contributed by atoms with Gasteiger partial charge in [-0.25, -0.2) is 8.42 Å². The van der Waals surface area contributed by atoms with Crippen LogP contribution >= 0.6 is 0 Å². The summed E-state index contributed by atoms with van der Waals surface area (Å²) in [7, 11) is -3.50. The van der Waals surface area contributed by atoms with E-state index in [2.05, 4.69) is 5.32 Å². The number of ether oxygens (including phenoxy) is 1. The average molecular weight is 386 g/mol. The van der Waals surface area contributed by atoms with Crippen molar-refractivity contribution in [2.75, 3.05) is 17.7 Å². The minimum absolute atomic E-state index is 0.135. The van der Waals surface area contributed by atoms with Gasteiger partial charge in [0.05, 0.1) is 23.3 Å². The third kappa shape index (κ3) is 6.76. The van der Waals surface area contributed by atoms with Gasteiger partial charge in [-0.1, -0.05) is 23.8 Å². The summed E-state index contributed by atoms with van der Waals surface area (Å²) >= 11 is 0. The van der Waals surface area contributed by atoms with Gasteiger partial charge in [0, 0.05) is 24.6 Å². The predicted octanol–water partition coefficient (Wildman–Crippen LogP) is 3.48. The number of sulfone groups is 1. The molecule has 0 unspecified atom stereocenters. The highest BCUT2D eigenvalue weighted by molar-refractivity contribution is 7.91. The first-order chi connectivity index (χ1) is 12.9. The van der Waals surface area contributed by atoms with Crippen LogP contribution in [0.3, 0.4) is 0 Å². The quantitative estimate of drug-likeness (QED) is 0.666. The molecule has 0 bridgehead atoms. The van der Waals surface area contributed by atoms with Crippen molar-refractivity contribution in [2.24, 2.45) is 0 Å². The molecule has 0 radical (unpaired) electrons. The Kier molecular flexibility index (Phi) is 7.38. The molecule has 0 saturated heterocycles.